The van der Waals surface area contributed by atoms with Crippen molar-refractivity contribution in [3.8, 4) is 0 Å². The van der Waals surface area contributed by atoms with E-state index in [2.05, 4.69) is 43.5 Å². The van der Waals surface area contributed by atoms with Gasteiger partial charge < -0.3 is 24.8 Å². The van der Waals surface area contributed by atoms with Crippen LogP contribution in [0.1, 0.15) is 39.5 Å². The van der Waals surface area contributed by atoms with Crippen LogP contribution in [0.15, 0.2) is 60.1 Å². The van der Waals surface area contributed by atoms with E-state index in [0.29, 0.717) is 55.2 Å². The van der Waals surface area contributed by atoms with Crippen LogP contribution in [0.5, 0.6) is 0 Å². The Labute approximate surface area is 204 Å². The van der Waals surface area contributed by atoms with E-state index in [9.17, 15) is 4.79 Å². The average molecular weight is 466 g/mol. The first kappa shape index (κ1) is 24.3. The number of ether oxygens (including phenoxy) is 1. The smallest absolute Gasteiger partial charge is 0.219 e. The summed E-state index contributed by atoms with van der Waals surface area (Å²) in [7, 11) is 3.99. The van der Waals surface area contributed by atoms with Crippen molar-refractivity contribution in [2.24, 2.45) is 5.41 Å². The minimum Gasteiger partial charge on any atom is -0.381 e. The molecule has 34 heavy (non-hydrogen) atoms. The summed E-state index contributed by atoms with van der Waals surface area (Å²) < 4.78 is 5.29. The van der Waals surface area contributed by atoms with Crippen LogP contribution in [0.4, 0.5) is 0 Å². The number of amidine groups is 1. The van der Waals surface area contributed by atoms with Crippen molar-refractivity contribution < 1.29 is 9.53 Å². The summed E-state index contributed by atoms with van der Waals surface area (Å²) in [4.78, 5) is 17.9. The van der Waals surface area contributed by atoms with Crippen LogP contribution < -0.4 is 5.32 Å². The maximum Gasteiger partial charge on any atom is 0.219 e. The number of carbonyl (C=O) groups is 1. The standard InChI is InChI=1S/C27H39N5O2/c1-19(9-13-30(5)26(4)18-27(26)11-12-27)7-8-20(2)31(6)25(28)23-15-32(21(3)33)14-10-24(23)29-22-16-34-17-22/h7-9,13,22,28-29H,1-2,10-12,14-18H2,3-6H3/b8-7-,13-9+,28-25?. The average Bonchev–Trinajstić information content (AvgIpc) is 3.69. The van der Waals surface area contributed by atoms with Crippen molar-refractivity contribution in [3.63, 3.8) is 0 Å². The van der Waals surface area contributed by atoms with E-state index in [-0.39, 0.29) is 11.9 Å². The molecule has 2 heterocycles. The van der Waals surface area contributed by atoms with Gasteiger partial charge in [0.05, 0.1) is 25.8 Å². The van der Waals surface area contributed by atoms with E-state index < -0.39 is 0 Å². The zero-order valence-electron chi connectivity index (χ0n) is 21.1. The van der Waals surface area contributed by atoms with E-state index in [1.165, 1.54) is 19.3 Å². The quantitative estimate of drug-likeness (QED) is 0.310. The Morgan fingerprint density at radius 3 is 2.50 bits per heavy atom. The third-order valence-corrected chi connectivity index (χ3v) is 8.19. The number of amides is 1. The fourth-order valence-corrected chi connectivity index (χ4v) is 5.04. The number of hydrogen-bond donors (Lipinski definition) is 2. The molecule has 0 aromatic carbocycles. The van der Waals surface area contributed by atoms with Crippen molar-refractivity contribution >= 4 is 11.7 Å². The molecule has 2 aliphatic heterocycles. The summed E-state index contributed by atoms with van der Waals surface area (Å²) in [6.07, 6.45) is 12.7. The summed E-state index contributed by atoms with van der Waals surface area (Å²) in [6.45, 7) is 14.7. The van der Waals surface area contributed by atoms with Crippen molar-refractivity contribution in [1.29, 1.82) is 5.41 Å². The molecule has 184 valence electrons. The maximum absolute atomic E-state index is 12.0. The number of carbonyl (C=O) groups excluding carboxylic acids is 1. The molecule has 1 unspecified atom stereocenters. The number of nitrogens with one attached hydrogen (secondary N) is 2. The predicted molar refractivity (Wildman–Crippen MR) is 136 cm³/mol. The normalized spacial score (nSPS) is 25.5. The monoisotopic (exact) mass is 465 g/mol. The second-order valence-corrected chi connectivity index (χ2v) is 10.5. The van der Waals surface area contributed by atoms with Gasteiger partial charge in [0.15, 0.2) is 0 Å². The molecule has 2 saturated carbocycles. The van der Waals surface area contributed by atoms with Crippen LogP contribution in [-0.4, -0.2) is 78.4 Å². The van der Waals surface area contributed by atoms with Gasteiger partial charge in [-0.25, -0.2) is 0 Å². The van der Waals surface area contributed by atoms with Crippen LogP contribution in [0.2, 0.25) is 0 Å². The fourth-order valence-electron chi connectivity index (χ4n) is 5.04. The van der Waals surface area contributed by atoms with Crippen LogP contribution in [0, 0.1) is 10.8 Å². The Bertz CT molecular complexity index is 985. The first-order valence-corrected chi connectivity index (χ1v) is 12.2. The Kier molecular flexibility index (Phi) is 6.51. The number of nitrogens with zero attached hydrogens (tertiary/aromatic N) is 3. The largest absolute Gasteiger partial charge is 0.381 e. The summed E-state index contributed by atoms with van der Waals surface area (Å²) in [5.74, 6) is 0.374. The molecule has 0 aromatic rings. The zero-order chi connectivity index (χ0) is 24.7. The Hall–Kier alpha value is -2.80. The molecule has 0 radical (unpaired) electrons. The molecular weight excluding hydrogens is 426 g/mol. The molecule has 0 aromatic heterocycles. The lowest BCUT2D eigenvalue weighted by molar-refractivity contribution is -0.128. The van der Waals surface area contributed by atoms with Crippen LogP contribution in [0.3, 0.4) is 0 Å². The van der Waals surface area contributed by atoms with Crippen molar-refractivity contribution in [2.75, 3.05) is 40.4 Å². The lowest BCUT2D eigenvalue weighted by Gasteiger charge is -2.36. The molecule has 1 spiro atoms. The fraction of sp³-hybridized carbons (Fsp3) is 0.556. The molecule has 0 bridgehead atoms. The maximum atomic E-state index is 12.0. The predicted octanol–water partition coefficient (Wildman–Crippen LogP) is 3.40. The molecule has 1 amide bonds. The minimum atomic E-state index is 0.0263. The van der Waals surface area contributed by atoms with Gasteiger partial charge in [0, 0.05) is 56.5 Å². The summed E-state index contributed by atoms with van der Waals surface area (Å²) in [5, 5.41) is 12.4. The second-order valence-electron chi connectivity index (χ2n) is 10.5. The third-order valence-electron chi connectivity index (χ3n) is 8.19. The second kappa shape index (κ2) is 9.10. The highest BCUT2D eigenvalue weighted by atomic mass is 16.5. The van der Waals surface area contributed by atoms with Gasteiger partial charge in [0.25, 0.3) is 0 Å². The van der Waals surface area contributed by atoms with Crippen LogP contribution in [0.25, 0.3) is 0 Å². The van der Waals surface area contributed by atoms with Gasteiger partial charge in [-0.05, 0) is 55.5 Å². The number of likely N-dealkylation sites (N-methyl/N-ethyl adjacent to an activating group) is 1. The van der Waals surface area contributed by atoms with Gasteiger partial charge in [-0.3, -0.25) is 10.2 Å². The van der Waals surface area contributed by atoms with Crippen molar-refractivity contribution in [3.05, 3.63) is 60.1 Å². The lowest BCUT2D eigenvalue weighted by Crippen LogP contribution is -2.49. The molecule has 1 saturated heterocycles. The first-order chi connectivity index (χ1) is 16.1. The number of hydrogen-bond acceptors (Lipinski definition) is 5. The van der Waals surface area contributed by atoms with Crippen LogP contribution in [-0.2, 0) is 9.53 Å². The highest BCUT2D eigenvalue weighted by Gasteiger charge is 2.72. The van der Waals surface area contributed by atoms with Crippen LogP contribution >= 0.6 is 0 Å². The Morgan fingerprint density at radius 1 is 1.24 bits per heavy atom. The first-order valence-electron chi connectivity index (χ1n) is 12.2. The summed E-state index contributed by atoms with van der Waals surface area (Å²) in [5.41, 5.74) is 4.30. The molecular formula is C27H39N5O2. The summed E-state index contributed by atoms with van der Waals surface area (Å²) >= 11 is 0. The Balaban J connectivity index is 1.37. The molecule has 7 nitrogen and oxygen atoms in total. The molecule has 7 heteroatoms. The molecule has 4 rings (SSSR count). The van der Waals surface area contributed by atoms with Gasteiger partial charge >= 0.3 is 0 Å². The van der Waals surface area contributed by atoms with Gasteiger partial charge in [0.2, 0.25) is 5.91 Å². The summed E-state index contributed by atoms with van der Waals surface area (Å²) in [6, 6.07) is 0.274. The molecule has 4 aliphatic rings. The third kappa shape index (κ3) is 4.71. The van der Waals surface area contributed by atoms with E-state index >= 15 is 0 Å². The highest BCUT2D eigenvalue weighted by molar-refractivity contribution is 5.98. The molecule has 1 atom stereocenters. The van der Waals surface area contributed by atoms with Crippen molar-refractivity contribution in [2.45, 2.75) is 51.1 Å². The molecule has 2 N–H and O–H groups in total. The van der Waals surface area contributed by atoms with Gasteiger partial charge in [0.1, 0.15) is 5.84 Å². The van der Waals surface area contributed by atoms with E-state index in [4.69, 9.17) is 10.1 Å². The van der Waals surface area contributed by atoms with Crippen molar-refractivity contribution in [1.82, 2.24) is 20.0 Å². The molecule has 2 aliphatic carbocycles. The van der Waals surface area contributed by atoms with E-state index in [0.717, 1.165) is 16.8 Å². The van der Waals surface area contributed by atoms with Gasteiger partial charge in [-0.2, -0.15) is 0 Å². The SMILES string of the molecule is C=C(/C=C\C(=C)N(C)C(=N)C1=C(NC2COC2)CCN(C(C)=O)C1)/C=C/N(C)C1(C)CC12CC2. The topological polar surface area (TPSA) is 71.9 Å². The zero-order valence-corrected chi connectivity index (χ0v) is 21.1. The van der Waals surface area contributed by atoms with Gasteiger partial charge in [-0.1, -0.05) is 19.2 Å². The van der Waals surface area contributed by atoms with E-state index in [1.807, 2.05) is 25.3 Å². The molecule has 3 fully saturated rings. The van der Waals surface area contributed by atoms with E-state index in [1.54, 1.807) is 16.7 Å². The number of allylic oxidation sites excluding steroid dienone is 4. The number of rotatable bonds is 9. The minimum absolute atomic E-state index is 0.0263. The lowest BCUT2D eigenvalue weighted by atomic mass is 10.0. The Morgan fingerprint density at radius 2 is 1.94 bits per heavy atom. The van der Waals surface area contributed by atoms with Gasteiger partial charge in [-0.15, -0.1) is 0 Å². The highest BCUT2D eigenvalue weighted by Crippen LogP contribution is 2.74.